The van der Waals surface area contributed by atoms with Gasteiger partial charge in [-0.05, 0) is 18.5 Å². The number of ether oxygens (including phenoxy) is 1. The van der Waals surface area contributed by atoms with Crippen LogP contribution >= 0.6 is 11.6 Å². The fraction of sp³-hybridized carbons (Fsp3) is 0.500. The van der Waals surface area contributed by atoms with Crippen molar-refractivity contribution in [1.29, 1.82) is 0 Å². The zero-order valence-electron chi connectivity index (χ0n) is 7.67. The van der Waals surface area contributed by atoms with Crippen LogP contribution in [0.1, 0.15) is 12.5 Å². The van der Waals surface area contributed by atoms with Gasteiger partial charge < -0.3 is 10.1 Å². The molecule has 13 heavy (non-hydrogen) atoms. The van der Waals surface area contributed by atoms with Crippen molar-refractivity contribution in [3.63, 3.8) is 0 Å². The fourth-order valence-electron chi connectivity index (χ4n) is 0.919. The fourth-order valence-corrected chi connectivity index (χ4v) is 1.05. The van der Waals surface area contributed by atoms with Gasteiger partial charge in [0.15, 0.2) is 0 Å². The summed E-state index contributed by atoms with van der Waals surface area (Å²) in [6.07, 6.45) is 1.66. The third kappa shape index (κ3) is 2.82. The minimum absolute atomic E-state index is 0.240. The van der Waals surface area contributed by atoms with Crippen LogP contribution in [0.15, 0.2) is 6.20 Å². The van der Waals surface area contributed by atoms with Gasteiger partial charge in [0.25, 0.3) is 0 Å². The first-order valence-corrected chi connectivity index (χ1v) is 4.42. The SMILES string of the molecule is CCOCc1cnc(Cl)nc1NC. The smallest absolute Gasteiger partial charge is 0.224 e. The van der Waals surface area contributed by atoms with Gasteiger partial charge >= 0.3 is 0 Å². The van der Waals surface area contributed by atoms with E-state index >= 15 is 0 Å². The van der Waals surface area contributed by atoms with Crippen molar-refractivity contribution in [2.24, 2.45) is 0 Å². The Bertz CT molecular complexity index is 280. The lowest BCUT2D eigenvalue weighted by Gasteiger charge is -2.06. The van der Waals surface area contributed by atoms with Crippen LogP contribution in [0.2, 0.25) is 5.28 Å². The summed E-state index contributed by atoms with van der Waals surface area (Å²) in [5.74, 6) is 0.716. The second-order valence-electron chi connectivity index (χ2n) is 2.40. The predicted molar refractivity (Wildman–Crippen MR) is 51.9 cm³/mol. The zero-order valence-corrected chi connectivity index (χ0v) is 8.43. The van der Waals surface area contributed by atoms with Crippen molar-refractivity contribution in [1.82, 2.24) is 9.97 Å². The third-order valence-corrected chi connectivity index (χ3v) is 1.72. The van der Waals surface area contributed by atoms with Crippen molar-refractivity contribution >= 4 is 17.4 Å². The molecule has 0 aromatic carbocycles. The van der Waals surface area contributed by atoms with Crippen LogP contribution in [0.5, 0.6) is 0 Å². The lowest BCUT2D eigenvalue weighted by atomic mass is 10.3. The maximum absolute atomic E-state index is 5.63. The molecule has 4 nitrogen and oxygen atoms in total. The summed E-state index contributed by atoms with van der Waals surface area (Å²) < 4.78 is 5.24. The van der Waals surface area contributed by atoms with Gasteiger partial charge in [0.2, 0.25) is 5.28 Å². The predicted octanol–water partition coefficient (Wildman–Crippen LogP) is 1.71. The first-order valence-electron chi connectivity index (χ1n) is 4.04. The Kier molecular flexibility index (Phi) is 3.92. The lowest BCUT2D eigenvalue weighted by Crippen LogP contribution is -2.02. The summed E-state index contributed by atoms with van der Waals surface area (Å²) in [5.41, 5.74) is 0.911. The quantitative estimate of drug-likeness (QED) is 0.754. The van der Waals surface area contributed by atoms with Gasteiger partial charge in [-0.25, -0.2) is 9.97 Å². The molecule has 0 saturated heterocycles. The maximum atomic E-state index is 5.63. The van der Waals surface area contributed by atoms with Gasteiger partial charge in [0.05, 0.1) is 6.61 Å². The van der Waals surface area contributed by atoms with Gasteiger partial charge in [-0.2, -0.15) is 0 Å². The summed E-state index contributed by atoms with van der Waals surface area (Å²) in [6, 6.07) is 0. The molecule has 0 fully saturated rings. The number of rotatable bonds is 4. The summed E-state index contributed by atoms with van der Waals surface area (Å²) in [6.45, 7) is 3.12. The molecular formula is C8H12ClN3O. The van der Waals surface area contributed by atoms with Gasteiger partial charge in [-0.1, -0.05) is 0 Å². The first-order chi connectivity index (χ1) is 6.27. The number of aromatic nitrogens is 2. The topological polar surface area (TPSA) is 47.0 Å². The molecule has 0 aliphatic rings. The number of halogens is 1. The molecule has 1 aromatic heterocycles. The Morgan fingerprint density at radius 2 is 2.38 bits per heavy atom. The van der Waals surface area contributed by atoms with E-state index in [1.54, 1.807) is 13.2 Å². The first kappa shape index (κ1) is 10.2. The Morgan fingerprint density at radius 1 is 1.62 bits per heavy atom. The van der Waals surface area contributed by atoms with E-state index in [-0.39, 0.29) is 5.28 Å². The monoisotopic (exact) mass is 201 g/mol. The van der Waals surface area contributed by atoms with E-state index < -0.39 is 0 Å². The maximum Gasteiger partial charge on any atom is 0.224 e. The normalized spacial score (nSPS) is 10.1. The molecule has 0 unspecified atom stereocenters. The standard InChI is InChI=1S/C8H12ClN3O/c1-3-13-5-6-4-11-8(9)12-7(6)10-2/h4H,3,5H2,1-2H3,(H,10,11,12). The number of nitrogens with zero attached hydrogens (tertiary/aromatic N) is 2. The summed E-state index contributed by atoms with van der Waals surface area (Å²) in [7, 11) is 1.79. The molecule has 5 heteroatoms. The molecule has 0 bridgehead atoms. The van der Waals surface area contributed by atoms with Gasteiger partial charge in [0.1, 0.15) is 5.82 Å². The second-order valence-corrected chi connectivity index (χ2v) is 2.74. The highest BCUT2D eigenvalue weighted by molar-refractivity contribution is 6.28. The summed E-state index contributed by atoms with van der Waals surface area (Å²) in [5, 5.41) is 3.17. The van der Waals surface area contributed by atoms with Crippen LogP contribution in [-0.4, -0.2) is 23.6 Å². The Labute approximate surface area is 82.3 Å². The average molecular weight is 202 g/mol. The third-order valence-electron chi connectivity index (χ3n) is 1.53. The van der Waals surface area contributed by atoms with Crippen LogP contribution in [-0.2, 0) is 11.3 Å². The zero-order chi connectivity index (χ0) is 9.68. The Hall–Kier alpha value is -0.870. The number of nitrogens with one attached hydrogen (secondary N) is 1. The number of hydrogen-bond donors (Lipinski definition) is 1. The van der Waals surface area contributed by atoms with E-state index in [1.165, 1.54) is 0 Å². The van der Waals surface area contributed by atoms with Crippen LogP contribution in [0.25, 0.3) is 0 Å². The average Bonchev–Trinajstić information content (AvgIpc) is 2.16. The van der Waals surface area contributed by atoms with Crippen molar-refractivity contribution in [2.75, 3.05) is 19.0 Å². The second kappa shape index (κ2) is 4.99. The van der Waals surface area contributed by atoms with Gasteiger partial charge in [0, 0.05) is 25.4 Å². The van der Waals surface area contributed by atoms with Gasteiger partial charge in [-0.15, -0.1) is 0 Å². The Morgan fingerprint density at radius 3 is 3.00 bits per heavy atom. The van der Waals surface area contributed by atoms with E-state index in [0.29, 0.717) is 19.0 Å². The molecule has 0 saturated carbocycles. The summed E-state index contributed by atoms with van der Waals surface area (Å²) in [4.78, 5) is 7.88. The molecule has 72 valence electrons. The van der Waals surface area contributed by atoms with Crippen LogP contribution in [0.3, 0.4) is 0 Å². The minimum Gasteiger partial charge on any atom is -0.377 e. The van der Waals surface area contributed by atoms with Crippen LogP contribution in [0, 0.1) is 0 Å². The molecule has 0 atom stereocenters. The van der Waals surface area contributed by atoms with E-state index in [2.05, 4.69) is 15.3 Å². The summed E-state index contributed by atoms with van der Waals surface area (Å²) >= 11 is 5.63. The van der Waals surface area contributed by atoms with Crippen molar-refractivity contribution < 1.29 is 4.74 Å². The molecule has 0 radical (unpaired) electrons. The van der Waals surface area contributed by atoms with E-state index in [9.17, 15) is 0 Å². The largest absolute Gasteiger partial charge is 0.377 e. The van der Waals surface area contributed by atoms with Crippen LogP contribution in [0.4, 0.5) is 5.82 Å². The number of anilines is 1. The molecule has 1 aromatic rings. The van der Waals surface area contributed by atoms with E-state index in [4.69, 9.17) is 16.3 Å². The molecule has 1 rings (SSSR count). The Balaban J connectivity index is 2.79. The highest BCUT2D eigenvalue weighted by Crippen LogP contribution is 2.13. The molecule has 0 spiro atoms. The molecular weight excluding hydrogens is 190 g/mol. The van der Waals surface area contributed by atoms with Crippen molar-refractivity contribution in [3.05, 3.63) is 17.0 Å². The molecule has 0 aliphatic heterocycles. The van der Waals surface area contributed by atoms with Crippen LogP contribution < -0.4 is 5.32 Å². The van der Waals surface area contributed by atoms with Gasteiger partial charge in [-0.3, -0.25) is 0 Å². The highest BCUT2D eigenvalue weighted by atomic mass is 35.5. The minimum atomic E-state index is 0.240. The molecule has 0 aliphatic carbocycles. The van der Waals surface area contributed by atoms with Crippen molar-refractivity contribution in [3.8, 4) is 0 Å². The van der Waals surface area contributed by atoms with E-state index in [0.717, 1.165) is 5.56 Å². The number of hydrogen-bond acceptors (Lipinski definition) is 4. The molecule has 1 heterocycles. The molecule has 0 amide bonds. The van der Waals surface area contributed by atoms with Crippen molar-refractivity contribution in [2.45, 2.75) is 13.5 Å². The van der Waals surface area contributed by atoms with E-state index in [1.807, 2.05) is 6.92 Å². The highest BCUT2D eigenvalue weighted by Gasteiger charge is 2.03. The molecule has 1 N–H and O–H groups in total. The lowest BCUT2D eigenvalue weighted by molar-refractivity contribution is 0.134.